The monoisotopic (exact) mass is 263 g/mol. The fourth-order valence-electron chi connectivity index (χ4n) is 2.88. The number of aromatic amines is 1. The number of aromatic nitrogens is 3. The van der Waals surface area contributed by atoms with Crippen LogP contribution < -0.4 is 11.1 Å². The normalized spacial score (nSPS) is 21.5. The first-order valence-corrected chi connectivity index (χ1v) is 7.21. The number of hydrogen-bond acceptors (Lipinski definition) is 4. The van der Waals surface area contributed by atoms with Crippen molar-refractivity contribution in [3.05, 3.63) is 11.6 Å². The Labute approximate surface area is 112 Å². The Morgan fingerprint density at radius 3 is 2.74 bits per heavy atom. The fraction of sp³-hybridized carbons (Fsp3) is 0.769. The molecule has 0 aromatic carbocycles. The summed E-state index contributed by atoms with van der Waals surface area (Å²) in [5.41, 5.74) is 5.78. The number of nitrogens with zero attached hydrogens (tertiary/aromatic N) is 2. The highest BCUT2D eigenvalue weighted by Gasteiger charge is 2.30. The first-order valence-electron chi connectivity index (χ1n) is 7.21. The molecule has 1 aromatic rings. The summed E-state index contributed by atoms with van der Waals surface area (Å²) in [6.45, 7) is 0.482. The highest BCUT2D eigenvalue weighted by molar-refractivity contribution is 5.90. The Kier molecular flexibility index (Phi) is 3.50. The van der Waals surface area contributed by atoms with E-state index in [4.69, 9.17) is 5.73 Å². The molecule has 1 aromatic heterocycles. The highest BCUT2D eigenvalue weighted by Crippen LogP contribution is 2.37. The number of carbonyl (C=O) groups excluding carboxylic acids is 1. The Balaban J connectivity index is 1.61. The SMILES string of the molecule is NCC(NC(=O)c1n[nH]c(C2CC2)n1)C1CCCC1. The van der Waals surface area contributed by atoms with Gasteiger partial charge in [-0.05, 0) is 31.6 Å². The first kappa shape index (κ1) is 12.6. The minimum Gasteiger partial charge on any atom is -0.345 e. The van der Waals surface area contributed by atoms with E-state index in [1.807, 2.05) is 0 Å². The number of hydrogen-bond donors (Lipinski definition) is 3. The molecule has 3 rings (SSSR count). The van der Waals surface area contributed by atoms with Crippen molar-refractivity contribution in [1.82, 2.24) is 20.5 Å². The second-order valence-electron chi connectivity index (χ2n) is 5.68. The number of rotatable bonds is 5. The van der Waals surface area contributed by atoms with Crippen molar-refractivity contribution >= 4 is 5.91 Å². The maximum absolute atomic E-state index is 12.1. The predicted molar refractivity (Wildman–Crippen MR) is 70.6 cm³/mol. The van der Waals surface area contributed by atoms with Gasteiger partial charge in [-0.2, -0.15) is 0 Å². The van der Waals surface area contributed by atoms with Crippen LogP contribution >= 0.6 is 0 Å². The van der Waals surface area contributed by atoms with Gasteiger partial charge in [0, 0.05) is 18.5 Å². The van der Waals surface area contributed by atoms with Crippen LogP contribution in [0.2, 0.25) is 0 Å². The van der Waals surface area contributed by atoms with Gasteiger partial charge in [0.2, 0.25) is 5.82 Å². The molecule has 1 heterocycles. The average Bonchev–Trinajstić information content (AvgIpc) is 2.96. The van der Waals surface area contributed by atoms with Gasteiger partial charge in [0.1, 0.15) is 5.82 Å². The van der Waals surface area contributed by atoms with Crippen LogP contribution in [0.25, 0.3) is 0 Å². The minimum absolute atomic E-state index is 0.0536. The van der Waals surface area contributed by atoms with E-state index in [2.05, 4.69) is 20.5 Å². The van der Waals surface area contributed by atoms with Gasteiger partial charge in [0.15, 0.2) is 0 Å². The van der Waals surface area contributed by atoms with Crippen molar-refractivity contribution in [3.63, 3.8) is 0 Å². The Hall–Kier alpha value is -1.43. The smallest absolute Gasteiger partial charge is 0.291 e. The van der Waals surface area contributed by atoms with E-state index < -0.39 is 0 Å². The van der Waals surface area contributed by atoms with E-state index >= 15 is 0 Å². The fourth-order valence-corrected chi connectivity index (χ4v) is 2.88. The van der Waals surface area contributed by atoms with E-state index in [1.54, 1.807) is 0 Å². The molecule has 0 radical (unpaired) electrons. The second-order valence-corrected chi connectivity index (χ2v) is 5.68. The van der Waals surface area contributed by atoms with Crippen LogP contribution in [0.1, 0.15) is 60.9 Å². The Morgan fingerprint density at radius 1 is 1.37 bits per heavy atom. The molecule has 0 bridgehead atoms. The van der Waals surface area contributed by atoms with Crippen LogP contribution in [0.3, 0.4) is 0 Å². The largest absolute Gasteiger partial charge is 0.345 e. The lowest BCUT2D eigenvalue weighted by Crippen LogP contribution is -2.44. The molecule has 2 fully saturated rings. The summed E-state index contributed by atoms with van der Waals surface area (Å²) in [6.07, 6.45) is 7.08. The Bertz CT molecular complexity index is 448. The molecular formula is C13H21N5O. The van der Waals surface area contributed by atoms with Crippen molar-refractivity contribution in [2.24, 2.45) is 11.7 Å². The average molecular weight is 263 g/mol. The topological polar surface area (TPSA) is 96.7 Å². The maximum Gasteiger partial charge on any atom is 0.291 e. The molecule has 4 N–H and O–H groups in total. The molecule has 1 amide bonds. The van der Waals surface area contributed by atoms with Gasteiger partial charge in [0.25, 0.3) is 5.91 Å². The second kappa shape index (κ2) is 5.28. The van der Waals surface area contributed by atoms with Gasteiger partial charge in [0.05, 0.1) is 0 Å². The van der Waals surface area contributed by atoms with Crippen molar-refractivity contribution in [1.29, 1.82) is 0 Å². The quantitative estimate of drug-likeness (QED) is 0.736. The molecule has 0 spiro atoms. The lowest BCUT2D eigenvalue weighted by Gasteiger charge is -2.22. The lowest BCUT2D eigenvalue weighted by molar-refractivity contribution is 0.0914. The summed E-state index contributed by atoms with van der Waals surface area (Å²) < 4.78 is 0. The number of nitrogens with one attached hydrogen (secondary N) is 2. The zero-order valence-electron chi connectivity index (χ0n) is 11.1. The maximum atomic E-state index is 12.1. The first-order chi connectivity index (χ1) is 9.28. The summed E-state index contributed by atoms with van der Waals surface area (Å²) in [6, 6.07) is 0.0536. The van der Waals surface area contributed by atoms with Crippen molar-refractivity contribution in [2.45, 2.75) is 50.5 Å². The molecule has 2 saturated carbocycles. The van der Waals surface area contributed by atoms with Crippen molar-refractivity contribution < 1.29 is 4.79 Å². The van der Waals surface area contributed by atoms with Crippen LogP contribution in [-0.4, -0.2) is 33.7 Å². The molecule has 2 aliphatic carbocycles. The third-order valence-electron chi connectivity index (χ3n) is 4.21. The number of H-pyrrole nitrogens is 1. The van der Waals surface area contributed by atoms with Crippen LogP contribution in [0.4, 0.5) is 0 Å². The zero-order valence-corrected chi connectivity index (χ0v) is 11.1. The zero-order chi connectivity index (χ0) is 13.2. The summed E-state index contributed by atoms with van der Waals surface area (Å²) in [5, 5.41) is 9.85. The van der Waals surface area contributed by atoms with Gasteiger partial charge in [-0.15, -0.1) is 5.10 Å². The standard InChI is InChI=1S/C13H21N5O/c14-7-10(8-3-1-2-4-8)15-13(19)12-16-11(17-18-12)9-5-6-9/h8-10H,1-7,14H2,(H,15,19)(H,16,17,18). The number of carbonyl (C=O) groups is 1. The van der Waals surface area contributed by atoms with Crippen molar-refractivity contribution in [2.75, 3.05) is 6.54 Å². The van der Waals surface area contributed by atoms with E-state index in [9.17, 15) is 4.79 Å². The highest BCUT2D eigenvalue weighted by atomic mass is 16.2. The molecule has 1 unspecified atom stereocenters. The molecule has 104 valence electrons. The van der Waals surface area contributed by atoms with Gasteiger partial charge < -0.3 is 11.1 Å². The van der Waals surface area contributed by atoms with Crippen LogP contribution in [0, 0.1) is 5.92 Å². The predicted octanol–water partition coefficient (Wildman–Crippen LogP) is 0.929. The summed E-state index contributed by atoms with van der Waals surface area (Å²) in [5.74, 6) is 1.88. The number of amides is 1. The van der Waals surface area contributed by atoms with Crippen LogP contribution in [-0.2, 0) is 0 Å². The molecule has 19 heavy (non-hydrogen) atoms. The molecule has 1 atom stereocenters. The molecule has 2 aliphatic rings. The van der Waals surface area contributed by atoms with Gasteiger partial charge in [-0.1, -0.05) is 12.8 Å². The van der Waals surface area contributed by atoms with Crippen molar-refractivity contribution in [3.8, 4) is 0 Å². The number of nitrogens with two attached hydrogens (primary N) is 1. The molecule has 6 nitrogen and oxygen atoms in total. The van der Waals surface area contributed by atoms with E-state index in [0.717, 1.165) is 31.5 Å². The molecular weight excluding hydrogens is 242 g/mol. The summed E-state index contributed by atoms with van der Waals surface area (Å²) in [4.78, 5) is 16.4. The molecule has 0 aliphatic heterocycles. The van der Waals surface area contributed by atoms with E-state index in [0.29, 0.717) is 18.4 Å². The van der Waals surface area contributed by atoms with Crippen LogP contribution in [0.15, 0.2) is 0 Å². The summed E-state index contributed by atoms with van der Waals surface area (Å²) in [7, 11) is 0. The third kappa shape index (κ3) is 2.78. The molecule has 6 heteroatoms. The molecule has 0 saturated heterocycles. The lowest BCUT2D eigenvalue weighted by atomic mass is 9.98. The van der Waals surface area contributed by atoms with Gasteiger partial charge in [-0.25, -0.2) is 4.98 Å². The Morgan fingerprint density at radius 2 is 2.11 bits per heavy atom. The van der Waals surface area contributed by atoms with Crippen LogP contribution in [0.5, 0.6) is 0 Å². The van der Waals surface area contributed by atoms with Gasteiger partial charge >= 0.3 is 0 Å². The van der Waals surface area contributed by atoms with E-state index in [1.165, 1.54) is 12.8 Å². The van der Waals surface area contributed by atoms with E-state index in [-0.39, 0.29) is 17.8 Å². The van der Waals surface area contributed by atoms with Gasteiger partial charge in [-0.3, -0.25) is 9.89 Å². The minimum atomic E-state index is -0.203. The summed E-state index contributed by atoms with van der Waals surface area (Å²) >= 11 is 0. The third-order valence-corrected chi connectivity index (χ3v) is 4.21.